The molecule has 0 radical (unpaired) electrons. The van der Waals surface area contributed by atoms with Crippen LogP contribution < -0.4 is 0 Å². The molecule has 4 nitrogen and oxygen atoms in total. The van der Waals surface area contributed by atoms with Crippen LogP contribution in [0.25, 0.3) is 0 Å². The monoisotopic (exact) mass is 307 g/mol. The fraction of sp³-hybridized carbons (Fsp3) is 0.938. The van der Waals surface area contributed by atoms with Gasteiger partial charge in [-0.25, -0.2) is 4.39 Å². The van der Waals surface area contributed by atoms with Crippen LogP contribution in [0.5, 0.6) is 0 Å². The lowest BCUT2D eigenvalue weighted by Gasteiger charge is -2.14. The normalized spacial score (nSPS) is 20.1. The summed E-state index contributed by atoms with van der Waals surface area (Å²) >= 11 is 0. The van der Waals surface area contributed by atoms with E-state index in [1.54, 1.807) is 20.8 Å². The van der Waals surface area contributed by atoms with Crippen LogP contribution in [-0.2, 0) is 9.53 Å². The minimum absolute atomic E-state index is 0.318. The first-order valence-electron chi connectivity index (χ1n) is 7.51. The van der Waals surface area contributed by atoms with Gasteiger partial charge >= 0.3 is 0 Å². The van der Waals surface area contributed by atoms with Crippen molar-refractivity contribution < 1.29 is 19.0 Å². The number of likely N-dealkylation sites (tertiary alicyclic amines) is 1. The van der Waals surface area contributed by atoms with Crippen LogP contribution in [-0.4, -0.2) is 54.0 Å². The number of ether oxygens (including phenoxy) is 1. The first kappa shape index (κ1) is 22.6. The largest absolute Gasteiger partial charge is 0.462 e. The van der Waals surface area contributed by atoms with E-state index in [2.05, 4.69) is 16.7 Å². The molecular weight excluding hydrogens is 273 g/mol. The van der Waals surface area contributed by atoms with Crippen molar-refractivity contribution in [2.75, 3.05) is 20.1 Å². The second-order valence-electron chi connectivity index (χ2n) is 7.33. The molecule has 1 fully saturated rings. The van der Waals surface area contributed by atoms with Crippen molar-refractivity contribution in [3.8, 4) is 0 Å². The van der Waals surface area contributed by atoms with Gasteiger partial charge in [-0.1, -0.05) is 0 Å². The van der Waals surface area contributed by atoms with Crippen molar-refractivity contribution in [1.82, 2.24) is 4.90 Å². The van der Waals surface area contributed by atoms with Crippen LogP contribution >= 0.6 is 0 Å². The molecule has 0 bridgehead atoms. The number of hydrogen-bond acceptors (Lipinski definition) is 4. The third-order valence-electron chi connectivity index (χ3n) is 2.28. The van der Waals surface area contributed by atoms with E-state index in [0.29, 0.717) is 6.47 Å². The van der Waals surface area contributed by atoms with Gasteiger partial charge in [-0.3, -0.25) is 4.79 Å². The summed E-state index contributed by atoms with van der Waals surface area (Å²) < 4.78 is 17.1. The van der Waals surface area contributed by atoms with Gasteiger partial charge in [0.25, 0.3) is 6.47 Å². The third kappa shape index (κ3) is 28.3. The average Bonchev–Trinajstić information content (AvgIpc) is 2.40. The Morgan fingerprint density at radius 3 is 1.95 bits per heavy atom. The second kappa shape index (κ2) is 11.0. The fourth-order valence-electron chi connectivity index (χ4n) is 1.34. The van der Waals surface area contributed by atoms with Gasteiger partial charge in [0, 0.05) is 6.54 Å². The molecule has 0 aliphatic carbocycles. The molecule has 1 N–H and O–H groups in total. The number of halogens is 1. The van der Waals surface area contributed by atoms with E-state index >= 15 is 0 Å². The van der Waals surface area contributed by atoms with Crippen LogP contribution in [0.15, 0.2) is 0 Å². The molecule has 1 saturated heterocycles. The van der Waals surface area contributed by atoms with Crippen molar-refractivity contribution >= 4 is 6.47 Å². The number of carbonyl (C=O) groups excluding carboxylic acids is 1. The maximum absolute atomic E-state index is 12.6. The molecule has 1 heterocycles. The van der Waals surface area contributed by atoms with Gasteiger partial charge < -0.3 is 14.7 Å². The second-order valence-corrected chi connectivity index (χ2v) is 7.33. The van der Waals surface area contributed by atoms with Gasteiger partial charge in [0.1, 0.15) is 11.8 Å². The predicted molar refractivity (Wildman–Crippen MR) is 85.1 cm³/mol. The molecule has 1 atom stereocenters. The van der Waals surface area contributed by atoms with Crippen LogP contribution in [0.2, 0.25) is 0 Å². The summed E-state index contributed by atoms with van der Waals surface area (Å²) in [6.07, 6.45) is 1.99. The lowest BCUT2D eigenvalue weighted by molar-refractivity contribution is -0.138. The minimum Gasteiger partial charge on any atom is -0.462 e. The highest BCUT2D eigenvalue weighted by atomic mass is 19.1. The van der Waals surface area contributed by atoms with Crippen molar-refractivity contribution in [2.45, 2.75) is 78.2 Å². The lowest BCUT2D eigenvalue weighted by Crippen LogP contribution is -2.18. The molecular formula is C16H34FNO3. The van der Waals surface area contributed by atoms with Gasteiger partial charge in [-0.15, -0.1) is 0 Å². The van der Waals surface area contributed by atoms with Gasteiger partial charge in [0.2, 0.25) is 0 Å². The highest BCUT2D eigenvalue weighted by Crippen LogP contribution is 2.11. The molecule has 1 aliphatic heterocycles. The summed E-state index contributed by atoms with van der Waals surface area (Å²) in [6.45, 7) is 13.2. The van der Waals surface area contributed by atoms with E-state index < -0.39 is 11.8 Å². The molecule has 1 aliphatic rings. The highest BCUT2D eigenvalue weighted by molar-refractivity contribution is 5.37. The SMILES string of the molecule is CC(C)(C)O.CC(C)(C)OC=O.CN1CCCC(F)CC1. The Morgan fingerprint density at radius 1 is 1.14 bits per heavy atom. The zero-order valence-electron chi connectivity index (χ0n) is 14.8. The zero-order valence-corrected chi connectivity index (χ0v) is 14.8. The van der Waals surface area contributed by atoms with Crippen molar-refractivity contribution in [3.05, 3.63) is 0 Å². The molecule has 0 amide bonds. The van der Waals surface area contributed by atoms with E-state index in [1.165, 1.54) is 0 Å². The quantitative estimate of drug-likeness (QED) is 0.756. The van der Waals surface area contributed by atoms with Crippen molar-refractivity contribution in [3.63, 3.8) is 0 Å². The van der Waals surface area contributed by atoms with E-state index in [0.717, 1.165) is 32.4 Å². The predicted octanol–water partition coefficient (Wildman–Crippen LogP) is 3.18. The molecule has 0 aromatic carbocycles. The van der Waals surface area contributed by atoms with Crippen LogP contribution in [0.4, 0.5) is 4.39 Å². The summed E-state index contributed by atoms with van der Waals surface area (Å²) in [4.78, 5) is 11.8. The lowest BCUT2D eigenvalue weighted by atomic mass is 10.2. The molecule has 1 unspecified atom stereocenters. The summed E-state index contributed by atoms with van der Waals surface area (Å²) in [5.74, 6) is 0. The van der Waals surface area contributed by atoms with Gasteiger partial charge in [0.15, 0.2) is 0 Å². The third-order valence-corrected chi connectivity index (χ3v) is 2.28. The standard InChI is InChI=1S/C7H14FN.C5H10O2.C4H10O/c1-9-5-2-3-7(8)4-6-9;1-5(2,3)7-4-6;1-4(2,3)5/h7H,2-6H2,1H3;4H,1-3H3;5H,1-3H3. The fourth-order valence-corrected chi connectivity index (χ4v) is 1.34. The zero-order chi connectivity index (χ0) is 17.1. The Hall–Kier alpha value is -0.680. The Balaban J connectivity index is 0. The van der Waals surface area contributed by atoms with E-state index in [1.807, 2.05) is 20.8 Å². The number of carbonyl (C=O) groups is 1. The summed E-state index contributed by atoms with van der Waals surface area (Å²) in [5, 5.41) is 8.52. The van der Waals surface area contributed by atoms with Crippen LogP contribution in [0.1, 0.15) is 60.8 Å². The van der Waals surface area contributed by atoms with Crippen LogP contribution in [0, 0.1) is 0 Å². The molecule has 0 saturated carbocycles. The maximum Gasteiger partial charge on any atom is 0.293 e. The number of hydrogen-bond donors (Lipinski definition) is 1. The molecule has 0 aromatic heterocycles. The van der Waals surface area contributed by atoms with Gasteiger partial charge in [-0.05, 0) is 74.4 Å². The Bertz CT molecular complexity index is 243. The van der Waals surface area contributed by atoms with E-state index in [4.69, 9.17) is 5.11 Å². The first-order chi connectivity index (χ1) is 9.35. The summed E-state index contributed by atoms with van der Waals surface area (Å²) in [7, 11) is 2.05. The van der Waals surface area contributed by atoms with E-state index in [9.17, 15) is 9.18 Å². The highest BCUT2D eigenvalue weighted by Gasteiger charge is 2.12. The van der Waals surface area contributed by atoms with Crippen LogP contribution in [0.3, 0.4) is 0 Å². The van der Waals surface area contributed by atoms with Gasteiger partial charge in [-0.2, -0.15) is 0 Å². The molecule has 0 spiro atoms. The Kier molecular flexibility index (Phi) is 11.8. The molecule has 21 heavy (non-hydrogen) atoms. The Labute approximate surface area is 129 Å². The number of nitrogens with zero attached hydrogens (tertiary/aromatic N) is 1. The molecule has 0 aromatic rings. The number of alkyl halides is 1. The smallest absolute Gasteiger partial charge is 0.293 e. The number of aliphatic hydroxyl groups is 1. The Morgan fingerprint density at radius 2 is 1.62 bits per heavy atom. The van der Waals surface area contributed by atoms with E-state index in [-0.39, 0.29) is 5.60 Å². The number of rotatable bonds is 1. The first-order valence-corrected chi connectivity index (χ1v) is 7.51. The molecule has 5 heteroatoms. The summed E-state index contributed by atoms with van der Waals surface area (Å²) in [6, 6.07) is 0. The maximum atomic E-state index is 12.6. The topological polar surface area (TPSA) is 49.8 Å². The minimum atomic E-state index is -0.532. The molecule has 1 rings (SSSR count). The van der Waals surface area contributed by atoms with Gasteiger partial charge in [0.05, 0.1) is 5.60 Å². The summed E-state index contributed by atoms with van der Waals surface area (Å²) in [5.41, 5.74) is -0.818. The average molecular weight is 307 g/mol. The van der Waals surface area contributed by atoms with Crippen molar-refractivity contribution in [1.29, 1.82) is 0 Å². The molecule has 128 valence electrons. The van der Waals surface area contributed by atoms with Crippen molar-refractivity contribution in [2.24, 2.45) is 0 Å².